The number of amides is 1. The number of hydrogen-bond donors (Lipinski definition) is 2. The molecule has 0 fully saturated rings. The van der Waals surface area contributed by atoms with Gasteiger partial charge in [0.2, 0.25) is 5.88 Å². The van der Waals surface area contributed by atoms with Gasteiger partial charge in [-0.15, -0.1) is 0 Å². The SMILES string of the molecule is COc1cc(CNC(=O)c2cccc(N)c2C)ccn1. The van der Waals surface area contributed by atoms with Gasteiger partial charge in [0.05, 0.1) is 7.11 Å². The zero-order valence-corrected chi connectivity index (χ0v) is 11.5. The van der Waals surface area contributed by atoms with Crippen LogP contribution in [0.5, 0.6) is 5.88 Å². The molecule has 0 unspecified atom stereocenters. The number of rotatable bonds is 4. The third-order valence-electron chi connectivity index (χ3n) is 3.08. The Morgan fingerprint density at radius 1 is 1.40 bits per heavy atom. The fraction of sp³-hybridized carbons (Fsp3) is 0.200. The van der Waals surface area contributed by atoms with Crippen LogP contribution >= 0.6 is 0 Å². The van der Waals surface area contributed by atoms with E-state index in [0.29, 0.717) is 23.7 Å². The Bertz CT molecular complexity index is 626. The summed E-state index contributed by atoms with van der Waals surface area (Å²) in [5, 5.41) is 2.86. The van der Waals surface area contributed by atoms with Crippen molar-refractivity contribution in [1.82, 2.24) is 10.3 Å². The maximum Gasteiger partial charge on any atom is 0.251 e. The van der Waals surface area contributed by atoms with Crippen molar-refractivity contribution in [3.8, 4) is 5.88 Å². The maximum absolute atomic E-state index is 12.1. The number of nitrogens with zero attached hydrogens (tertiary/aromatic N) is 1. The molecule has 5 heteroatoms. The lowest BCUT2D eigenvalue weighted by Crippen LogP contribution is -2.23. The summed E-state index contributed by atoms with van der Waals surface area (Å²) in [6.07, 6.45) is 1.64. The number of carbonyl (C=O) groups excluding carboxylic acids is 1. The Kier molecular flexibility index (Phi) is 4.20. The number of ether oxygens (including phenoxy) is 1. The first kappa shape index (κ1) is 13.9. The predicted molar refractivity (Wildman–Crippen MR) is 77.6 cm³/mol. The van der Waals surface area contributed by atoms with Crippen molar-refractivity contribution in [2.75, 3.05) is 12.8 Å². The number of anilines is 1. The van der Waals surface area contributed by atoms with Gasteiger partial charge in [0.15, 0.2) is 0 Å². The van der Waals surface area contributed by atoms with Crippen molar-refractivity contribution in [3.05, 3.63) is 53.2 Å². The summed E-state index contributed by atoms with van der Waals surface area (Å²) in [4.78, 5) is 16.1. The molecule has 0 bridgehead atoms. The van der Waals surface area contributed by atoms with Crippen LogP contribution in [0.1, 0.15) is 21.5 Å². The summed E-state index contributed by atoms with van der Waals surface area (Å²) in [5.41, 5.74) is 8.71. The van der Waals surface area contributed by atoms with Gasteiger partial charge in [-0.05, 0) is 36.2 Å². The summed E-state index contributed by atoms with van der Waals surface area (Å²) >= 11 is 0. The van der Waals surface area contributed by atoms with Crippen LogP contribution in [0.25, 0.3) is 0 Å². The molecule has 1 amide bonds. The quantitative estimate of drug-likeness (QED) is 0.833. The number of nitrogen functional groups attached to an aromatic ring is 1. The standard InChI is InChI=1S/C15H17N3O2/c1-10-12(4-3-5-13(10)16)15(19)18-9-11-6-7-17-14(8-11)20-2/h3-8H,9,16H2,1-2H3,(H,18,19). The van der Waals surface area contributed by atoms with Gasteiger partial charge in [0.1, 0.15) is 0 Å². The molecule has 1 aromatic carbocycles. The van der Waals surface area contributed by atoms with E-state index in [2.05, 4.69) is 10.3 Å². The highest BCUT2D eigenvalue weighted by Gasteiger charge is 2.10. The Labute approximate surface area is 117 Å². The minimum atomic E-state index is -0.148. The van der Waals surface area contributed by atoms with E-state index in [1.54, 1.807) is 37.6 Å². The lowest BCUT2D eigenvalue weighted by molar-refractivity contribution is 0.0950. The first-order valence-electron chi connectivity index (χ1n) is 6.24. The van der Waals surface area contributed by atoms with E-state index in [4.69, 9.17) is 10.5 Å². The van der Waals surface area contributed by atoms with Gasteiger partial charge in [-0.2, -0.15) is 0 Å². The molecule has 104 valence electrons. The van der Waals surface area contributed by atoms with Crippen molar-refractivity contribution in [2.24, 2.45) is 0 Å². The molecule has 5 nitrogen and oxygen atoms in total. The smallest absolute Gasteiger partial charge is 0.251 e. The zero-order valence-electron chi connectivity index (χ0n) is 11.5. The van der Waals surface area contributed by atoms with Crippen molar-refractivity contribution in [2.45, 2.75) is 13.5 Å². The highest BCUT2D eigenvalue weighted by molar-refractivity contribution is 5.96. The number of carbonyl (C=O) groups is 1. The van der Waals surface area contributed by atoms with Crippen molar-refractivity contribution >= 4 is 11.6 Å². The highest BCUT2D eigenvalue weighted by Crippen LogP contribution is 2.15. The fourth-order valence-electron chi connectivity index (χ4n) is 1.85. The first-order valence-corrected chi connectivity index (χ1v) is 6.24. The molecule has 0 aliphatic heterocycles. The van der Waals surface area contributed by atoms with Crippen LogP contribution in [0.2, 0.25) is 0 Å². The molecule has 0 spiro atoms. The van der Waals surface area contributed by atoms with Gasteiger partial charge >= 0.3 is 0 Å². The van der Waals surface area contributed by atoms with Crippen LogP contribution in [-0.4, -0.2) is 18.0 Å². The Hall–Kier alpha value is -2.56. The van der Waals surface area contributed by atoms with E-state index < -0.39 is 0 Å². The van der Waals surface area contributed by atoms with Crippen LogP contribution in [0.15, 0.2) is 36.5 Å². The van der Waals surface area contributed by atoms with Gasteiger partial charge < -0.3 is 15.8 Å². The molecular formula is C15H17N3O2. The number of methoxy groups -OCH3 is 1. The number of hydrogen-bond acceptors (Lipinski definition) is 4. The lowest BCUT2D eigenvalue weighted by Gasteiger charge is -2.09. The van der Waals surface area contributed by atoms with Crippen LogP contribution in [-0.2, 0) is 6.54 Å². The molecule has 20 heavy (non-hydrogen) atoms. The normalized spacial score (nSPS) is 10.1. The van der Waals surface area contributed by atoms with E-state index in [-0.39, 0.29) is 5.91 Å². The molecule has 1 heterocycles. The molecule has 0 saturated carbocycles. The van der Waals surface area contributed by atoms with Gasteiger partial charge in [-0.3, -0.25) is 4.79 Å². The van der Waals surface area contributed by atoms with Gasteiger partial charge in [-0.1, -0.05) is 6.07 Å². The molecule has 0 saturated heterocycles. The molecule has 0 aliphatic rings. The van der Waals surface area contributed by atoms with E-state index in [9.17, 15) is 4.79 Å². The van der Waals surface area contributed by atoms with E-state index >= 15 is 0 Å². The minimum Gasteiger partial charge on any atom is -0.481 e. The fourth-order valence-corrected chi connectivity index (χ4v) is 1.85. The zero-order chi connectivity index (χ0) is 14.5. The van der Waals surface area contributed by atoms with E-state index in [0.717, 1.165) is 11.1 Å². The number of aromatic nitrogens is 1. The Morgan fingerprint density at radius 2 is 2.20 bits per heavy atom. The summed E-state index contributed by atoms with van der Waals surface area (Å²) in [6, 6.07) is 8.92. The second-order valence-electron chi connectivity index (χ2n) is 4.41. The molecule has 0 radical (unpaired) electrons. The summed E-state index contributed by atoms with van der Waals surface area (Å²) in [6.45, 7) is 2.24. The average Bonchev–Trinajstić information content (AvgIpc) is 2.48. The van der Waals surface area contributed by atoms with Crippen molar-refractivity contribution in [3.63, 3.8) is 0 Å². The largest absolute Gasteiger partial charge is 0.481 e. The van der Waals surface area contributed by atoms with E-state index in [1.165, 1.54) is 0 Å². The van der Waals surface area contributed by atoms with Crippen LogP contribution < -0.4 is 15.8 Å². The van der Waals surface area contributed by atoms with Crippen molar-refractivity contribution < 1.29 is 9.53 Å². The summed E-state index contributed by atoms with van der Waals surface area (Å²) in [7, 11) is 1.56. The third kappa shape index (κ3) is 3.06. The minimum absolute atomic E-state index is 0.148. The van der Waals surface area contributed by atoms with Gasteiger partial charge in [0, 0.05) is 30.1 Å². The average molecular weight is 271 g/mol. The van der Waals surface area contributed by atoms with Gasteiger partial charge in [0.25, 0.3) is 5.91 Å². The summed E-state index contributed by atoms with van der Waals surface area (Å²) < 4.78 is 5.04. The molecule has 3 N–H and O–H groups in total. The van der Waals surface area contributed by atoms with Crippen molar-refractivity contribution in [1.29, 1.82) is 0 Å². The topological polar surface area (TPSA) is 77.2 Å². The molecule has 2 rings (SSSR count). The second kappa shape index (κ2) is 6.06. The number of pyridine rings is 1. The predicted octanol–water partition coefficient (Wildman–Crippen LogP) is 1.91. The molecule has 2 aromatic rings. The molecule has 0 aliphatic carbocycles. The lowest BCUT2D eigenvalue weighted by atomic mass is 10.1. The van der Waals surface area contributed by atoms with E-state index in [1.807, 2.05) is 13.0 Å². The Morgan fingerprint density at radius 3 is 2.95 bits per heavy atom. The maximum atomic E-state index is 12.1. The van der Waals surface area contributed by atoms with Crippen LogP contribution in [0, 0.1) is 6.92 Å². The highest BCUT2D eigenvalue weighted by atomic mass is 16.5. The first-order chi connectivity index (χ1) is 9.61. The van der Waals surface area contributed by atoms with Crippen LogP contribution in [0.3, 0.4) is 0 Å². The number of nitrogens with two attached hydrogens (primary N) is 1. The van der Waals surface area contributed by atoms with Crippen LogP contribution in [0.4, 0.5) is 5.69 Å². The number of nitrogens with one attached hydrogen (secondary N) is 1. The Balaban J connectivity index is 2.06. The molecular weight excluding hydrogens is 254 g/mol. The van der Waals surface area contributed by atoms with Gasteiger partial charge in [-0.25, -0.2) is 4.98 Å². The third-order valence-corrected chi connectivity index (χ3v) is 3.08. The molecule has 0 atom stereocenters. The second-order valence-corrected chi connectivity index (χ2v) is 4.41. The molecule has 1 aromatic heterocycles. The monoisotopic (exact) mass is 271 g/mol. The summed E-state index contributed by atoms with van der Waals surface area (Å²) in [5.74, 6) is 0.377. The number of benzene rings is 1.